The highest BCUT2D eigenvalue weighted by Crippen LogP contribution is 2.41. The maximum Gasteiger partial charge on any atom is 0.408 e. The van der Waals surface area contributed by atoms with Crippen molar-refractivity contribution in [1.82, 2.24) is 15.1 Å². The van der Waals surface area contributed by atoms with Crippen LogP contribution in [0.2, 0.25) is 0 Å². The molecule has 3 rings (SSSR count). The lowest BCUT2D eigenvalue weighted by Gasteiger charge is -2.49. The van der Waals surface area contributed by atoms with Crippen LogP contribution in [0.5, 0.6) is 0 Å². The van der Waals surface area contributed by atoms with Gasteiger partial charge in [0.25, 0.3) is 5.91 Å². The molecular formula is C22H31N3O6S. The lowest BCUT2D eigenvalue weighted by molar-refractivity contribution is -0.149. The number of alkyl carbamates (subject to hydrolysis) is 1. The molecule has 9 nitrogen and oxygen atoms in total. The number of fused-ring (bicyclic) bond motifs is 1. The van der Waals surface area contributed by atoms with Gasteiger partial charge >= 0.3 is 12.1 Å². The van der Waals surface area contributed by atoms with Crippen molar-refractivity contribution in [1.29, 1.82) is 0 Å². The number of ether oxygens (including phenoxy) is 1. The van der Waals surface area contributed by atoms with Gasteiger partial charge in [-0.2, -0.15) is 0 Å². The topological polar surface area (TPSA) is 116 Å². The van der Waals surface area contributed by atoms with E-state index >= 15 is 0 Å². The molecule has 3 aliphatic heterocycles. The predicted molar refractivity (Wildman–Crippen MR) is 120 cm³/mol. The van der Waals surface area contributed by atoms with Gasteiger partial charge < -0.3 is 20.1 Å². The van der Waals surface area contributed by atoms with Crippen LogP contribution in [0.1, 0.15) is 48.0 Å². The standard InChI is InChI=1S/C22H31N3O6S/c1-21(2,3)11-24-8-7-12(16(24)26)9-13-10-32-18-14(23-20(30)31-22(4,5)6)17(27)25(18)15(13)19(28)29/h9,14,18H,7-8,10-11H2,1-6H3,(H,23,30)(H,28,29)/t14-,18-/m1/s1. The number of carbonyl (C=O) groups excluding carboxylic acids is 3. The van der Waals surface area contributed by atoms with E-state index in [1.807, 2.05) is 0 Å². The Hall–Kier alpha value is -2.49. The average molecular weight is 466 g/mol. The highest BCUT2D eigenvalue weighted by atomic mass is 32.2. The van der Waals surface area contributed by atoms with Gasteiger partial charge in [0.1, 0.15) is 22.7 Å². The summed E-state index contributed by atoms with van der Waals surface area (Å²) in [5, 5.41) is 11.8. The summed E-state index contributed by atoms with van der Waals surface area (Å²) in [7, 11) is 0. The highest BCUT2D eigenvalue weighted by Gasteiger charge is 2.54. The molecule has 0 saturated carbocycles. The molecule has 2 fully saturated rings. The third-order valence-corrected chi connectivity index (χ3v) is 6.40. The summed E-state index contributed by atoms with van der Waals surface area (Å²) in [6, 6.07) is -0.853. The van der Waals surface area contributed by atoms with Crippen LogP contribution in [-0.2, 0) is 19.1 Å². The van der Waals surface area contributed by atoms with Crippen LogP contribution in [-0.4, -0.2) is 74.6 Å². The molecule has 176 valence electrons. The van der Waals surface area contributed by atoms with E-state index < -0.39 is 35.0 Å². The predicted octanol–water partition coefficient (Wildman–Crippen LogP) is 2.34. The number of aliphatic carboxylic acids is 1. The second-order valence-electron chi connectivity index (χ2n) is 10.4. The molecule has 0 spiro atoms. The number of nitrogens with one attached hydrogen (secondary N) is 1. The normalized spacial score (nSPS) is 25.1. The molecule has 0 bridgehead atoms. The van der Waals surface area contributed by atoms with Gasteiger partial charge in [-0.1, -0.05) is 20.8 Å². The molecule has 2 N–H and O–H groups in total. The summed E-state index contributed by atoms with van der Waals surface area (Å²) in [5.74, 6) is -1.51. The summed E-state index contributed by atoms with van der Waals surface area (Å²) < 4.78 is 5.20. The fourth-order valence-corrected chi connectivity index (χ4v) is 5.23. The van der Waals surface area contributed by atoms with E-state index in [4.69, 9.17) is 4.74 Å². The molecule has 3 aliphatic rings. The summed E-state index contributed by atoms with van der Waals surface area (Å²) in [5.41, 5.74) is 0.110. The van der Waals surface area contributed by atoms with Crippen LogP contribution in [0, 0.1) is 5.41 Å². The van der Waals surface area contributed by atoms with E-state index in [9.17, 15) is 24.3 Å². The molecular weight excluding hydrogens is 434 g/mol. The Labute approximate surface area is 192 Å². The largest absolute Gasteiger partial charge is 0.477 e. The molecule has 3 amide bonds. The van der Waals surface area contributed by atoms with Crippen LogP contribution in [0.3, 0.4) is 0 Å². The lowest BCUT2D eigenvalue weighted by Crippen LogP contribution is -2.70. The van der Waals surface area contributed by atoms with Crippen LogP contribution < -0.4 is 5.32 Å². The summed E-state index contributed by atoms with van der Waals surface area (Å²) in [6.07, 6.45) is 1.44. The second kappa shape index (κ2) is 8.46. The van der Waals surface area contributed by atoms with Gasteiger partial charge in [0.2, 0.25) is 5.91 Å². The summed E-state index contributed by atoms with van der Waals surface area (Å²) in [6.45, 7) is 12.5. The first-order valence-electron chi connectivity index (χ1n) is 10.6. The van der Waals surface area contributed by atoms with Crippen molar-refractivity contribution in [3.63, 3.8) is 0 Å². The number of rotatable bonds is 4. The van der Waals surface area contributed by atoms with E-state index in [1.54, 1.807) is 31.7 Å². The Kier molecular flexibility index (Phi) is 6.38. The van der Waals surface area contributed by atoms with Gasteiger partial charge in [0.15, 0.2) is 0 Å². The molecule has 2 atom stereocenters. The zero-order valence-corrected chi connectivity index (χ0v) is 20.2. The van der Waals surface area contributed by atoms with Gasteiger partial charge in [-0.05, 0) is 44.3 Å². The van der Waals surface area contributed by atoms with Crippen LogP contribution in [0.15, 0.2) is 22.9 Å². The van der Waals surface area contributed by atoms with Gasteiger partial charge in [-0.25, -0.2) is 9.59 Å². The molecule has 32 heavy (non-hydrogen) atoms. The van der Waals surface area contributed by atoms with Crippen molar-refractivity contribution in [2.75, 3.05) is 18.8 Å². The minimum Gasteiger partial charge on any atom is -0.477 e. The smallest absolute Gasteiger partial charge is 0.408 e. The van der Waals surface area contributed by atoms with Crippen molar-refractivity contribution < 1.29 is 29.0 Å². The van der Waals surface area contributed by atoms with Gasteiger partial charge in [-0.15, -0.1) is 11.8 Å². The number of hydrogen-bond acceptors (Lipinski definition) is 6. The van der Waals surface area contributed by atoms with E-state index in [-0.39, 0.29) is 17.0 Å². The summed E-state index contributed by atoms with van der Waals surface area (Å²) in [4.78, 5) is 52.6. The number of amides is 3. The molecule has 10 heteroatoms. The maximum atomic E-state index is 12.8. The van der Waals surface area contributed by atoms with Gasteiger partial charge in [0, 0.05) is 24.4 Å². The van der Waals surface area contributed by atoms with Crippen LogP contribution in [0.25, 0.3) is 0 Å². The number of allylic oxidation sites excluding steroid dienone is 1. The first-order chi connectivity index (χ1) is 14.7. The third-order valence-electron chi connectivity index (χ3n) is 5.10. The first-order valence-corrected chi connectivity index (χ1v) is 11.6. The fourth-order valence-electron chi connectivity index (χ4n) is 3.92. The monoisotopic (exact) mass is 465 g/mol. The van der Waals surface area contributed by atoms with Crippen molar-refractivity contribution in [2.45, 2.75) is 65.0 Å². The molecule has 0 unspecified atom stereocenters. The number of carbonyl (C=O) groups is 4. The third kappa shape index (κ3) is 5.11. The maximum absolute atomic E-state index is 12.8. The molecule has 0 aromatic carbocycles. The molecule has 0 aliphatic carbocycles. The summed E-state index contributed by atoms with van der Waals surface area (Å²) >= 11 is 1.35. The highest BCUT2D eigenvalue weighted by molar-refractivity contribution is 8.00. The Morgan fingerprint density at radius 2 is 1.88 bits per heavy atom. The zero-order chi connectivity index (χ0) is 24.0. The second-order valence-corrected chi connectivity index (χ2v) is 11.5. The Bertz CT molecular complexity index is 912. The average Bonchev–Trinajstić information content (AvgIpc) is 2.96. The Morgan fingerprint density at radius 1 is 1.22 bits per heavy atom. The molecule has 0 radical (unpaired) electrons. The van der Waals surface area contributed by atoms with E-state index in [2.05, 4.69) is 26.1 Å². The number of hydrogen-bond donors (Lipinski definition) is 2. The minimum atomic E-state index is -1.23. The number of thioether (sulfide) groups is 1. The SMILES string of the molecule is CC(C)(C)CN1CCC(=CC2=C(C(=O)O)N3C(=O)[C@@H](NC(=O)OC(C)(C)C)[C@H]3SC2)C1=O. The van der Waals surface area contributed by atoms with Crippen molar-refractivity contribution in [3.8, 4) is 0 Å². The molecule has 0 aromatic rings. The minimum absolute atomic E-state index is 0.0370. The van der Waals surface area contributed by atoms with E-state index in [1.165, 1.54) is 16.7 Å². The Balaban J connectivity index is 1.78. The lowest BCUT2D eigenvalue weighted by atomic mass is 9.96. The number of β-lactam (4-membered cyclic amide) rings is 1. The van der Waals surface area contributed by atoms with E-state index in [0.717, 1.165) is 0 Å². The number of carboxylic acids is 1. The van der Waals surface area contributed by atoms with E-state index in [0.29, 0.717) is 36.4 Å². The number of likely N-dealkylation sites (tertiary alicyclic amines) is 1. The van der Waals surface area contributed by atoms with Crippen LogP contribution >= 0.6 is 11.8 Å². The number of nitrogens with zero attached hydrogens (tertiary/aromatic N) is 2. The van der Waals surface area contributed by atoms with Gasteiger partial charge in [0.05, 0.1) is 0 Å². The van der Waals surface area contributed by atoms with Gasteiger partial charge in [-0.3, -0.25) is 14.5 Å². The molecule has 2 saturated heterocycles. The molecule has 0 aromatic heterocycles. The molecule has 3 heterocycles. The van der Waals surface area contributed by atoms with Crippen LogP contribution in [0.4, 0.5) is 4.79 Å². The first kappa shape index (κ1) is 24.2. The number of carboxylic acid groups (broad SMARTS) is 1. The zero-order valence-electron chi connectivity index (χ0n) is 19.4. The Morgan fingerprint density at radius 3 is 2.44 bits per heavy atom. The van der Waals surface area contributed by atoms with Crippen molar-refractivity contribution >= 4 is 35.6 Å². The fraction of sp³-hybridized carbons (Fsp3) is 0.636. The van der Waals surface area contributed by atoms with Crippen molar-refractivity contribution in [2.24, 2.45) is 5.41 Å². The van der Waals surface area contributed by atoms with Crippen molar-refractivity contribution in [3.05, 3.63) is 22.9 Å². The quantitative estimate of drug-likeness (QED) is 0.483.